The van der Waals surface area contributed by atoms with E-state index in [2.05, 4.69) is 5.32 Å². The van der Waals surface area contributed by atoms with Crippen molar-refractivity contribution in [2.45, 2.75) is 20.0 Å². The van der Waals surface area contributed by atoms with E-state index in [-0.39, 0.29) is 6.10 Å². The quantitative estimate of drug-likeness (QED) is 0.519. The maximum Gasteiger partial charge on any atom is 0.0709 e. The van der Waals surface area contributed by atoms with Gasteiger partial charge in [0.1, 0.15) is 0 Å². The van der Waals surface area contributed by atoms with Crippen molar-refractivity contribution in [2.24, 2.45) is 0 Å². The summed E-state index contributed by atoms with van der Waals surface area (Å²) in [6.07, 6.45) is -0.329. The highest BCUT2D eigenvalue weighted by atomic mass is 16.3. The first-order chi connectivity index (χ1) is 3.18. The Hall–Kier alpha value is -0.0800. The van der Waals surface area contributed by atoms with E-state index in [0.29, 0.717) is 0 Å². The van der Waals surface area contributed by atoms with Gasteiger partial charge in [0.2, 0.25) is 0 Å². The Balaban J connectivity index is 3.14. The van der Waals surface area contributed by atoms with Crippen molar-refractivity contribution < 1.29 is 5.11 Å². The van der Waals surface area contributed by atoms with Crippen LogP contribution in [0.4, 0.5) is 0 Å². The van der Waals surface area contributed by atoms with Gasteiger partial charge >= 0.3 is 0 Å². The summed E-state index contributed by atoms with van der Waals surface area (Å²) in [6.45, 7) is 3.58. The number of aliphatic hydroxyl groups is 1. The van der Waals surface area contributed by atoms with Crippen LogP contribution in [0, 0.1) is 6.04 Å². The van der Waals surface area contributed by atoms with Crippen LogP contribution >= 0.6 is 0 Å². The lowest BCUT2D eigenvalue weighted by molar-refractivity contribution is 0.198. The highest BCUT2D eigenvalue weighted by Gasteiger charge is 2.03. The molecule has 1 unspecified atom stereocenters. The third kappa shape index (κ3) is 2.60. The Morgan fingerprint density at radius 1 is 1.71 bits per heavy atom. The van der Waals surface area contributed by atoms with Gasteiger partial charge in [-0.05, 0) is 20.9 Å². The van der Waals surface area contributed by atoms with Crippen molar-refractivity contribution in [3.05, 3.63) is 6.04 Å². The van der Waals surface area contributed by atoms with Gasteiger partial charge in [-0.3, -0.25) is 0 Å². The Morgan fingerprint density at radius 2 is 2.14 bits per heavy atom. The van der Waals surface area contributed by atoms with E-state index in [1.807, 2.05) is 6.92 Å². The van der Waals surface area contributed by atoms with Gasteiger partial charge in [0.05, 0.1) is 12.1 Å². The minimum absolute atomic E-state index is 0.329. The fraction of sp³-hybridized carbons (Fsp3) is 0.800. The summed E-state index contributed by atoms with van der Waals surface area (Å²) in [5.74, 6) is 0. The van der Waals surface area contributed by atoms with E-state index in [1.54, 1.807) is 14.0 Å². The Kier molecular flexibility index (Phi) is 2.96. The summed E-state index contributed by atoms with van der Waals surface area (Å²) in [7, 11) is 1.79. The van der Waals surface area contributed by atoms with E-state index >= 15 is 0 Å². The molecule has 7 heavy (non-hydrogen) atoms. The van der Waals surface area contributed by atoms with Crippen molar-refractivity contribution in [3.63, 3.8) is 0 Å². The monoisotopic (exact) mass is 102 g/mol. The van der Waals surface area contributed by atoms with Crippen LogP contribution in [-0.2, 0) is 0 Å². The molecule has 0 heterocycles. The minimum Gasteiger partial charge on any atom is -0.391 e. The van der Waals surface area contributed by atoms with Gasteiger partial charge in [0.25, 0.3) is 0 Å². The van der Waals surface area contributed by atoms with Crippen molar-refractivity contribution in [1.29, 1.82) is 0 Å². The number of likely N-dealkylation sites (N-methyl/N-ethyl adjacent to an activating group) is 1. The summed E-state index contributed by atoms with van der Waals surface area (Å²) in [6, 6.07) is 0.903. The molecule has 0 saturated carbocycles. The topological polar surface area (TPSA) is 32.3 Å². The van der Waals surface area contributed by atoms with Gasteiger partial charge in [-0.1, -0.05) is 0 Å². The zero-order chi connectivity index (χ0) is 5.86. The molecule has 0 aromatic heterocycles. The minimum atomic E-state index is -0.329. The molecule has 2 heteroatoms. The van der Waals surface area contributed by atoms with Crippen LogP contribution in [0.1, 0.15) is 13.8 Å². The smallest absolute Gasteiger partial charge is 0.0709 e. The number of aliphatic hydroxyl groups excluding tert-OH is 1. The van der Waals surface area contributed by atoms with Crippen LogP contribution in [0.2, 0.25) is 0 Å². The van der Waals surface area contributed by atoms with Crippen molar-refractivity contribution in [3.8, 4) is 0 Å². The van der Waals surface area contributed by atoms with Crippen LogP contribution < -0.4 is 5.32 Å². The zero-order valence-electron chi connectivity index (χ0n) is 5.02. The van der Waals surface area contributed by atoms with Crippen LogP contribution in [0.25, 0.3) is 0 Å². The van der Waals surface area contributed by atoms with Gasteiger partial charge < -0.3 is 10.4 Å². The van der Waals surface area contributed by atoms with Crippen molar-refractivity contribution in [1.82, 2.24) is 5.32 Å². The molecule has 0 spiro atoms. The van der Waals surface area contributed by atoms with E-state index in [1.165, 1.54) is 0 Å². The van der Waals surface area contributed by atoms with Gasteiger partial charge in [-0.15, -0.1) is 0 Å². The third-order valence-electron chi connectivity index (χ3n) is 1.02. The predicted octanol–water partition coefficient (Wildman–Crippen LogP) is 0.138. The largest absolute Gasteiger partial charge is 0.391 e. The first-order valence-corrected chi connectivity index (χ1v) is 2.37. The number of hydrogen-bond acceptors (Lipinski definition) is 2. The van der Waals surface area contributed by atoms with E-state index in [0.717, 1.165) is 6.04 Å². The molecule has 2 N–H and O–H groups in total. The van der Waals surface area contributed by atoms with Gasteiger partial charge in [-0.25, -0.2) is 0 Å². The lowest BCUT2D eigenvalue weighted by atomic mass is 10.2. The zero-order valence-corrected chi connectivity index (χ0v) is 5.02. The first-order valence-electron chi connectivity index (χ1n) is 2.37. The fourth-order valence-electron chi connectivity index (χ4n) is 0.209. The average Bonchev–Trinajstić information content (AvgIpc) is 1.65. The average molecular weight is 102 g/mol. The second-order valence-electron chi connectivity index (χ2n) is 1.61. The Morgan fingerprint density at radius 3 is 2.14 bits per heavy atom. The third-order valence-corrected chi connectivity index (χ3v) is 1.02. The molecule has 0 fully saturated rings. The van der Waals surface area contributed by atoms with Crippen LogP contribution in [0.5, 0.6) is 0 Å². The molecule has 0 bridgehead atoms. The standard InChI is InChI=1S/C5H12NO/c1-4(6-3)5(2)7/h5-7H,1-3H3. The summed E-state index contributed by atoms with van der Waals surface area (Å²) in [5, 5.41) is 11.6. The van der Waals surface area contributed by atoms with Crippen molar-refractivity contribution in [2.75, 3.05) is 7.05 Å². The normalized spacial score (nSPS) is 15.0. The Labute approximate surface area is 44.5 Å². The molecule has 0 aliphatic carbocycles. The van der Waals surface area contributed by atoms with E-state index in [9.17, 15) is 0 Å². The lowest BCUT2D eigenvalue weighted by Crippen LogP contribution is -2.23. The molecule has 0 rings (SSSR count). The molecule has 0 amide bonds. The van der Waals surface area contributed by atoms with Crippen molar-refractivity contribution >= 4 is 0 Å². The summed E-state index contributed by atoms with van der Waals surface area (Å²) in [4.78, 5) is 0. The van der Waals surface area contributed by atoms with Crippen LogP contribution in [0.15, 0.2) is 0 Å². The maximum absolute atomic E-state index is 8.72. The number of nitrogens with one attached hydrogen (secondary N) is 1. The molecule has 1 atom stereocenters. The van der Waals surface area contributed by atoms with Crippen LogP contribution in [-0.4, -0.2) is 18.3 Å². The lowest BCUT2D eigenvalue weighted by Gasteiger charge is -2.10. The molecule has 0 aliphatic heterocycles. The van der Waals surface area contributed by atoms with Crippen LogP contribution in [0.3, 0.4) is 0 Å². The summed E-state index contributed by atoms with van der Waals surface area (Å²) >= 11 is 0. The number of hydrogen-bond donors (Lipinski definition) is 2. The molecular formula is C5H12NO. The van der Waals surface area contributed by atoms with E-state index < -0.39 is 0 Å². The highest BCUT2D eigenvalue weighted by Crippen LogP contribution is 1.96. The maximum atomic E-state index is 8.72. The predicted molar refractivity (Wildman–Crippen MR) is 29.7 cm³/mol. The Bertz CT molecular complexity index is 45.3. The molecule has 43 valence electrons. The van der Waals surface area contributed by atoms with Gasteiger partial charge in [0, 0.05) is 0 Å². The second-order valence-corrected chi connectivity index (χ2v) is 1.61. The molecule has 0 aromatic rings. The van der Waals surface area contributed by atoms with Gasteiger partial charge in [-0.2, -0.15) is 0 Å². The molecule has 0 aliphatic rings. The SMILES string of the molecule is CN[C](C)C(C)O. The molecule has 0 aromatic carbocycles. The molecular weight excluding hydrogens is 90.1 g/mol. The molecule has 2 nitrogen and oxygen atoms in total. The molecule has 0 saturated heterocycles. The summed E-state index contributed by atoms with van der Waals surface area (Å²) < 4.78 is 0. The van der Waals surface area contributed by atoms with E-state index in [4.69, 9.17) is 5.11 Å². The second kappa shape index (κ2) is 2.99. The molecule has 1 radical (unpaired) electrons. The summed E-state index contributed by atoms with van der Waals surface area (Å²) in [5.41, 5.74) is 0. The highest BCUT2D eigenvalue weighted by molar-refractivity contribution is 4.84. The number of rotatable bonds is 2. The fourth-order valence-corrected chi connectivity index (χ4v) is 0.209. The van der Waals surface area contributed by atoms with Gasteiger partial charge in [0.15, 0.2) is 0 Å². The first kappa shape index (κ1) is 6.92.